The fraction of sp³-hybridized carbons (Fsp3) is 0.0909. The largest absolute Gasteiger partial charge is 0.144 e. The lowest BCUT2D eigenvalue weighted by molar-refractivity contribution is 1.14. The van der Waals surface area contributed by atoms with E-state index in [-0.39, 0.29) is 0 Å². The fourth-order valence-corrected chi connectivity index (χ4v) is 9.61. The van der Waals surface area contributed by atoms with Gasteiger partial charge in [0.05, 0.1) is 0 Å². The van der Waals surface area contributed by atoms with E-state index in [1.807, 2.05) is 0 Å². The summed E-state index contributed by atoms with van der Waals surface area (Å²) in [6.07, 6.45) is 0.960. The zero-order valence-electron chi connectivity index (χ0n) is 19.9. The summed E-state index contributed by atoms with van der Waals surface area (Å²) >= 11 is 0. The molecule has 0 saturated heterocycles. The summed E-state index contributed by atoms with van der Waals surface area (Å²) in [4.78, 5) is 0. The standard InChI is InChI=1S/C33H30P/c1-26-27(2)33(24-23-29(26)25-28-15-7-3-8-16-28)34(30-17-9-4-10-18-30,31-19-11-5-12-20-31)32-21-13-6-14-22-32/h3-24H,25H2,1-2H3/q+1. The summed E-state index contributed by atoms with van der Waals surface area (Å²) in [5.74, 6) is 0. The first-order chi connectivity index (χ1) is 16.7. The van der Waals surface area contributed by atoms with Gasteiger partial charge in [-0.25, -0.2) is 0 Å². The van der Waals surface area contributed by atoms with Crippen molar-refractivity contribution in [2.45, 2.75) is 20.3 Å². The van der Waals surface area contributed by atoms with Crippen LogP contribution in [-0.2, 0) is 6.42 Å². The van der Waals surface area contributed by atoms with E-state index in [1.165, 1.54) is 43.5 Å². The van der Waals surface area contributed by atoms with Crippen molar-refractivity contribution in [2.24, 2.45) is 0 Å². The molecule has 0 unspecified atom stereocenters. The predicted octanol–water partition coefficient (Wildman–Crippen LogP) is 6.51. The zero-order valence-corrected chi connectivity index (χ0v) is 20.8. The zero-order chi connectivity index (χ0) is 23.4. The Bertz CT molecular complexity index is 1260. The van der Waals surface area contributed by atoms with Gasteiger partial charge in [0, 0.05) is 0 Å². The highest BCUT2D eigenvalue weighted by Gasteiger charge is 2.48. The molecule has 0 radical (unpaired) electrons. The molecular weight excluding hydrogens is 427 g/mol. The Labute approximate surface area is 204 Å². The van der Waals surface area contributed by atoms with Gasteiger partial charge in [0.15, 0.2) is 0 Å². The van der Waals surface area contributed by atoms with Gasteiger partial charge in [-0.15, -0.1) is 0 Å². The second kappa shape index (κ2) is 9.80. The second-order valence-electron chi connectivity index (χ2n) is 8.83. The molecule has 0 fully saturated rings. The van der Waals surface area contributed by atoms with E-state index in [2.05, 4.69) is 147 Å². The number of hydrogen-bond acceptors (Lipinski definition) is 0. The molecule has 0 N–H and O–H groups in total. The highest BCUT2D eigenvalue weighted by atomic mass is 31.2. The summed E-state index contributed by atoms with van der Waals surface area (Å²) in [6.45, 7) is 4.62. The van der Waals surface area contributed by atoms with Crippen molar-refractivity contribution in [2.75, 3.05) is 0 Å². The van der Waals surface area contributed by atoms with Crippen LogP contribution in [0.5, 0.6) is 0 Å². The third-order valence-corrected chi connectivity index (χ3v) is 11.3. The molecule has 0 heterocycles. The molecule has 34 heavy (non-hydrogen) atoms. The third kappa shape index (κ3) is 4.00. The van der Waals surface area contributed by atoms with E-state index in [1.54, 1.807) is 0 Å². The molecule has 0 atom stereocenters. The molecule has 0 aliphatic carbocycles. The first kappa shape index (κ1) is 22.3. The van der Waals surface area contributed by atoms with Crippen molar-refractivity contribution in [1.29, 1.82) is 0 Å². The quantitative estimate of drug-likeness (QED) is 0.255. The van der Waals surface area contributed by atoms with Gasteiger partial charge in [0.1, 0.15) is 28.5 Å². The first-order valence-electron chi connectivity index (χ1n) is 11.9. The molecular formula is C33H30P+. The van der Waals surface area contributed by atoms with E-state index in [0.29, 0.717) is 0 Å². The van der Waals surface area contributed by atoms with Crippen molar-refractivity contribution < 1.29 is 0 Å². The Morgan fingerprint density at radius 3 is 1.29 bits per heavy atom. The van der Waals surface area contributed by atoms with Gasteiger partial charge in [-0.1, -0.05) is 91.0 Å². The number of benzene rings is 5. The number of rotatable bonds is 6. The molecule has 5 aromatic rings. The van der Waals surface area contributed by atoms with Crippen LogP contribution in [0.3, 0.4) is 0 Å². The van der Waals surface area contributed by atoms with Crippen LogP contribution in [0.15, 0.2) is 133 Å². The van der Waals surface area contributed by atoms with Crippen LogP contribution in [0.4, 0.5) is 0 Å². The molecule has 5 rings (SSSR count). The maximum atomic E-state index is 2.42. The lowest BCUT2D eigenvalue weighted by Crippen LogP contribution is -2.40. The minimum atomic E-state index is -2.07. The monoisotopic (exact) mass is 457 g/mol. The SMILES string of the molecule is Cc1c(Cc2ccccc2)ccc([P+](c2ccccc2)(c2ccccc2)c2ccccc2)c1C. The summed E-state index contributed by atoms with van der Waals surface area (Å²) in [6, 6.07) is 48.9. The minimum absolute atomic E-state index is 0.960. The van der Waals surface area contributed by atoms with Gasteiger partial charge >= 0.3 is 0 Å². The molecule has 0 aliphatic rings. The Morgan fingerprint density at radius 1 is 0.441 bits per heavy atom. The van der Waals surface area contributed by atoms with Crippen molar-refractivity contribution in [3.05, 3.63) is 156 Å². The van der Waals surface area contributed by atoms with Crippen LogP contribution < -0.4 is 21.2 Å². The Balaban J connectivity index is 1.79. The van der Waals surface area contributed by atoms with E-state index in [0.717, 1.165) is 6.42 Å². The lowest BCUT2D eigenvalue weighted by atomic mass is 9.97. The highest BCUT2D eigenvalue weighted by Crippen LogP contribution is 2.55. The van der Waals surface area contributed by atoms with Gasteiger partial charge in [0.25, 0.3) is 0 Å². The molecule has 0 nitrogen and oxygen atoms in total. The fourth-order valence-electron chi connectivity index (χ4n) is 5.05. The van der Waals surface area contributed by atoms with Gasteiger partial charge in [-0.05, 0) is 85.0 Å². The van der Waals surface area contributed by atoms with Crippen LogP contribution in [0, 0.1) is 13.8 Å². The highest BCUT2D eigenvalue weighted by molar-refractivity contribution is 8.01. The molecule has 5 aromatic carbocycles. The Kier molecular flexibility index (Phi) is 6.43. The van der Waals surface area contributed by atoms with Crippen LogP contribution in [0.1, 0.15) is 22.3 Å². The van der Waals surface area contributed by atoms with Crippen LogP contribution in [-0.4, -0.2) is 0 Å². The lowest BCUT2D eigenvalue weighted by Gasteiger charge is -2.29. The molecule has 0 aromatic heterocycles. The van der Waals surface area contributed by atoms with Gasteiger partial charge in [-0.3, -0.25) is 0 Å². The van der Waals surface area contributed by atoms with E-state index in [4.69, 9.17) is 0 Å². The Hall–Kier alpha value is -3.47. The smallest absolute Gasteiger partial charge is 0.0622 e. The van der Waals surface area contributed by atoms with Crippen LogP contribution in [0.2, 0.25) is 0 Å². The molecule has 0 spiro atoms. The van der Waals surface area contributed by atoms with E-state index in [9.17, 15) is 0 Å². The summed E-state index contributed by atoms with van der Waals surface area (Å²) < 4.78 is 0. The molecule has 1 heteroatoms. The topological polar surface area (TPSA) is 0 Å². The summed E-state index contributed by atoms with van der Waals surface area (Å²) in [7, 11) is -2.07. The summed E-state index contributed by atoms with van der Waals surface area (Å²) in [5, 5.41) is 5.63. The van der Waals surface area contributed by atoms with Crippen molar-refractivity contribution in [3.8, 4) is 0 Å². The maximum Gasteiger partial charge on any atom is 0.144 e. The van der Waals surface area contributed by atoms with Gasteiger partial charge in [0.2, 0.25) is 0 Å². The average Bonchev–Trinajstić information content (AvgIpc) is 2.91. The van der Waals surface area contributed by atoms with Crippen molar-refractivity contribution in [3.63, 3.8) is 0 Å². The van der Waals surface area contributed by atoms with E-state index >= 15 is 0 Å². The van der Waals surface area contributed by atoms with Crippen molar-refractivity contribution >= 4 is 28.5 Å². The first-order valence-corrected chi connectivity index (χ1v) is 13.7. The maximum absolute atomic E-state index is 2.42. The normalized spacial score (nSPS) is 11.4. The van der Waals surface area contributed by atoms with E-state index < -0.39 is 7.26 Å². The van der Waals surface area contributed by atoms with Gasteiger partial charge in [-0.2, -0.15) is 0 Å². The Morgan fingerprint density at radius 2 is 0.853 bits per heavy atom. The molecule has 166 valence electrons. The third-order valence-electron chi connectivity index (χ3n) is 6.90. The predicted molar refractivity (Wildman–Crippen MR) is 150 cm³/mol. The van der Waals surface area contributed by atoms with Crippen molar-refractivity contribution in [1.82, 2.24) is 0 Å². The summed E-state index contributed by atoms with van der Waals surface area (Å²) in [5.41, 5.74) is 5.56. The van der Waals surface area contributed by atoms with Gasteiger partial charge < -0.3 is 0 Å². The molecule has 0 saturated carbocycles. The molecule has 0 amide bonds. The molecule has 0 aliphatic heterocycles. The second-order valence-corrected chi connectivity index (χ2v) is 12.2. The van der Waals surface area contributed by atoms with Crippen LogP contribution in [0.25, 0.3) is 0 Å². The molecule has 0 bridgehead atoms. The van der Waals surface area contributed by atoms with Crippen LogP contribution >= 0.6 is 7.26 Å². The minimum Gasteiger partial charge on any atom is -0.0622 e. The number of hydrogen-bond donors (Lipinski definition) is 0. The average molecular weight is 458 g/mol.